The summed E-state index contributed by atoms with van der Waals surface area (Å²) in [6.07, 6.45) is 0. The van der Waals surface area contributed by atoms with E-state index in [0.717, 1.165) is 0 Å². The van der Waals surface area contributed by atoms with Crippen LogP contribution in [0.2, 0.25) is 0 Å². The van der Waals surface area contributed by atoms with E-state index in [0.29, 0.717) is 22.8 Å². The first-order chi connectivity index (χ1) is 12.0. The Balaban J connectivity index is 2.38. The van der Waals surface area contributed by atoms with Crippen molar-refractivity contribution in [3.8, 4) is 23.0 Å². The molecule has 130 valence electrons. The fourth-order valence-corrected chi connectivity index (χ4v) is 3.16. The number of benzene rings is 2. The van der Waals surface area contributed by atoms with Crippen LogP contribution < -0.4 is 18.9 Å². The first kappa shape index (κ1) is 16.8. The summed E-state index contributed by atoms with van der Waals surface area (Å²) in [5, 5.41) is 0. The van der Waals surface area contributed by atoms with Crippen molar-refractivity contribution >= 4 is 11.6 Å². The molecule has 0 bridgehead atoms. The predicted octanol–water partition coefficient (Wildman–Crippen LogP) is 2.80. The third-order valence-electron chi connectivity index (χ3n) is 4.38. The lowest BCUT2D eigenvalue weighted by Gasteiger charge is -2.24. The molecule has 0 atom stereocenters. The van der Waals surface area contributed by atoms with Crippen LogP contribution in [0.15, 0.2) is 18.2 Å². The van der Waals surface area contributed by atoms with E-state index < -0.39 is 0 Å². The molecule has 25 heavy (non-hydrogen) atoms. The highest BCUT2D eigenvalue weighted by atomic mass is 16.5. The van der Waals surface area contributed by atoms with Crippen molar-refractivity contribution < 1.29 is 28.5 Å². The minimum absolute atomic E-state index is 0.212. The van der Waals surface area contributed by atoms with Crippen LogP contribution in [0.5, 0.6) is 23.0 Å². The molecule has 2 aromatic carbocycles. The summed E-state index contributed by atoms with van der Waals surface area (Å²) in [6.45, 7) is 1.77. The Bertz CT molecular complexity index is 898. The van der Waals surface area contributed by atoms with Gasteiger partial charge in [-0.2, -0.15) is 0 Å². The van der Waals surface area contributed by atoms with Gasteiger partial charge >= 0.3 is 0 Å². The Hall–Kier alpha value is -3.02. The van der Waals surface area contributed by atoms with Crippen LogP contribution in [0, 0.1) is 6.92 Å². The average molecular weight is 342 g/mol. The SMILES string of the molecule is COc1cc(OC)c2c(c1)C(=O)c1cc(OC)c(C)c(OC)c1C2=O. The lowest BCUT2D eigenvalue weighted by molar-refractivity contribution is 0.0973. The molecule has 0 saturated carbocycles. The fraction of sp³-hybridized carbons (Fsp3) is 0.263. The van der Waals surface area contributed by atoms with Gasteiger partial charge in [0.15, 0.2) is 5.78 Å². The summed E-state index contributed by atoms with van der Waals surface area (Å²) in [5.74, 6) is 0.900. The van der Waals surface area contributed by atoms with E-state index in [1.165, 1.54) is 28.4 Å². The van der Waals surface area contributed by atoms with Crippen LogP contribution >= 0.6 is 0 Å². The first-order valence-electron chi connectivity index (χ1n) is 7.59. The second-order valence-corrected chi connectivity index (χ2v) is 5.57. The number of hydrogen-bond donors (Lipinski definition) is 0. The molecule has 3 rings (SSSR count). The topological polar surface area (TPSA) is 71.1 Å². The van der Waals surface area contributed by atoms with Crippen molar-refractivity contribution in [1.29, 1.82) is 0 Å². The second-order valence-electron chi connectivity index (χ2n) is 5.57. The molecule has 0 aromatic heterocycles. The summed E-state index contributed by atoms with van der Waals surface area (Å²) in [7, 11) is 5.89. The van der Waals surface area contributed by atoms with Gasteiger partial charge in [-0.25, -0.2) is 0 Å². The highest BCUT2D eigenvalue weighted by Gasteiger charge is 2.37. The summed E-state index contributed by atoms with van der Waals surface area (Å²) in [6, 6.07) is 4.69. The van der Waals surface area contributed by atoms with E-state index in [4.69, 9.17) is 18.9 Å². The highest BCUT2D eigenvalue weighted by Crippen LogP contribution is 2.43. The molecule has 1 aliphatic carbocycles. The largest absolute Gasteiger partial charge is 0.497 e. The molecular formula is C19H18O6. The van der Waals surface area contributed by atoms with Crippen LogP contribution in [-0.4, -0.2) is 40.0 Å². The van der Waals surface area contributed by atoms with Gasteiger partial charge in [-0.3, -0.25) is 9.59 Å². The zero-order valence-corrected chi connectivity index (χ0v) is 14.7. The predicted molar refractivity (Wildman–Crippen MR) is 90.7 cm³/mol. The van der Waals surface area contributed by atoms with Gasteiger partial charge in [0.1, 0.15) is 23.0 Å². The number of ether oxygens (including phenoxy) is 4. The number of hydrogen-bond acceptors (Lipinski definition) is 6. The van der Waals surface area contributed by atoms with Crippen LogP contribution in [0.25, 0.3) is 0 Å². The summed E-state index contributed by atoms with van der Waals surface area (Å²) < 4.78 is 21.3. The van der Waals surface area contributed by atoms with E-state index in [2.05, 4.69) is 0 Å². The van der Waals surface area contributed by atoms with Gasteiger partial charge in [0, 0.05) is 22.8 Å². The van der Waals surface area contributed by atoms with Gasteiger partial charge in [0.25, 0.3) is 0 Å². The molecule has 0 N–H and O–H groups in total. The molecule has 0 radical (unpaired) electrons. The minimum Gasteiger partial charge on any atom is -0.497 e. The van der Waals surface area contributed by atoms with Gasteiger partial charge in [-0.1, -0.05) is 0 Å². The Kier molecular flexibility index (Phi) is 4.12. The summed E-state index contributed by atoms with van der Waals surface area (Å²) in [5.41, 5.74) is 1.57. The number of methoxy groups -OCH3 is 4. The maximum absolute atomic E-state index is 13.2. The van der Waals surface area contributed by atoms with Gasteiger partial charge < -0.3 is 18.9 Å². The number of ketones is 2. The monoisotopic (exact) mass is 342 g/mol. The number of carbonyl (C=O) groups is 2. The molecule has 0 fully saturated rings. The average Bonchev–Trinajstić information content (AvgIpc) is 2.64. The van der Waals surface area contributed by atoms with Crippen LogP contribution in [-0.2, 0) is 0 Å². The van der Waals surface area contributed by atoms with E-state index in [1.807, 2.05) is 0 Å². The van der Waals surface area contributed by atoms with Crippen molar-refractivity contribution in [2.75, 3.05) is 28.4 Å². The maximum Gasteiger partial charge on any atom is 0.202 e. The molecule has 6 heteroatoms. The van der Waals surface area contributed by atoms with Crippen LogP contribution in [0.4, 0.5) is 0 Å². The van der Waals surface area contributed by atoms with Crippen molar-refractivity contribution in [2.24, 2.45) is 0 Å². The van der Waals surface area contributed by atoms with Crippen molar-refractivity contribution in [3.63, 3.8) is 0 Å². The Morgan fingerprint density at radius 1 is 0.680 bits per heavy atom. The van der Waals surface area contributed by atoms with Gasteiger partial charge in [0.2, 0.25) is 5.78 Å². The third kappa shape index (κ3) is 2.33. The molecule has 0 unspecified atom stereocenters. The van der Waals surface area contributed by atoms with Crippen molar-refractivity contribution in [2.45, 2.75) is 6.92 Å². The standard InChI is InChI=1S/C19H18O6/c1-9-13(23-3)8-12-16(19(9)25-5)18(21)15-11(17(12)20)6-10(22-2)7-14(15)24-4/h6-8H,1-5H3. The van der Waals surface area contributed by atoms with Crippen LogP contribution in [0.1, 0.15) is 37.4 Å². The molecule has 0 amide bonds. The van der Waals surface area contributed by atoms with Gasteiger partial charge in [0.05, 0.1) is 39.6 Å². The smallest absolute Gasteiger partial charge is 0.202 e. The third-order valence-corrected chi connectivity index (χ3v) is 4.38. The Labute approximate surface area is 145 Å². The zero-order valence-electron chi connectivity index (χ0n) is 14.7. The first-order valence-corrected chi connectivity index (χ1v) is 7.59. The van der Waals surface area contributed by atoms with Crippen molar-refractivity contribution in [1.82, 2.24) is 0 Å². The molecule has 2 aromatic rings. The van der Waals surface area contributed by atoms with E-state index in [-0.39, 0.29) is 39.6 Å². The normalized spacial score (nSPS) is 12.4. The molecule has 0 heterocycles. The quantitative estimate of drug-likeness (QED) is 0.726. The molecule has 6 nitrogen and oxygen atoms in total. The lowest BCUT2D eigenvalue weighted by atomic mass is 9.81. The van der Waals surface area contributed by atoms with E-state index in [1.54, 1.807) is 25.1 Å². The Morgan fingerprint density at radius 2 is 1.32 bits per heavy atom. The number of fused-ring (bicyclic) bond motifs is 2. The van der Waals surface area contributed by atoms with Crippen molar-refractivity contribution in [3.05, 3.63) is 46.0 Å². The second kappa shape index (κ2) is 6.12. The lowest BCUT2D eigenvalue weighted by Crippen LogP contribution is -2.23. The van der Waals surface area contributed by atoms with Gasteiger partial charge in [-0.15, -0.1) is 0 Å². The van der Waals surface area contributed by atoms with Gasteiger partial charge in [-0.05, 0) is 19.1 Å². The Morgan fingerprint density at radius 3 is 1.88 bits per heavy atom. The molecule has 0 spiro atoms. The fourth-order valence-electron chi connectivity index (χ4n) is 3.16. The molecule has 0 saturated heterocycles. The maximum atomic E-state index is 13.2. The molecule has 1 aliphatic rings. The number of carbonyl (C=O) groups excluding carboxylic acids is 2. The van der Waals surface area contributed by atoms with E-state index in [9.17, 15) is 9.59 Å². The number of rotatable bonds is 4. The highest BCUT2D eigenvalue weighted by molar-refractivity contribution is 6.30. The molecule has 0 aliphatic heterocycles. The minimum atomic E-state index is -0.327. The summed E-state index contributed by atoms with van der Waals surface area (Å²) >= 11 is 0. The van der Waals surface area contributed by atoms with E-state index >= 15 is 0 Å². The summed E-state index contributed by atoms with van der Waals surface area (Å²) in [4.78, 5) is 26.2. The van der Waals surface area contributed by atoms with Crippen LogP contribution in [0.3, 0.4) is 0 Å². The molecular weight excluding hydrogens is 324 g/mol. The zero-order chi connectivity index (χ0) is 18.3.